The molecule has 1 aliphatic heterocycles. The minimum atomic E-state index is -0.221. The molecular formula is C18H25N3OS. The normalized spacial score (nSPS) is 23.8. The number of nitrogen functional groups attached to an aromatic ring is 1. The second-order valence-electron chi connectivity index (χ2n) is 6.33. The van der Waals surface area contributed by atoms with Crippen LogP contribution in [-0.2, 0) is 6.42 Å². The molecule has 0 unspecified atom stereocenters. The van der Waals surface area contributed by atoms with Crippen molar-refractivity contribution in [3.8, 4) is 0 Å². The molecule has 3 rings (SSSR count). The number of nitrogens with two attached hydrogens (primary N) is 1. The van der Waals surface area contributed by atoms with Crippen molar-refractivity contribution in [2.45, 2.75) is 18.9 Å². The molecule has 2 heterocycles. The number of pyridine rings is 1. The Morgan fingerprint density at radius 1 is 1.48 bits per heavy atom. The summed E-state index contributed by atoms with van der Waals surface area (Å²) >= 11 is 1.91. The number of hydrogen-bond acceptors (Lipinski definition) is 5. The number of fused-ring (bicyclic) bond motifs is 1. The topological polar surface area (TPSA) is 62.4 Å². The van der Waals surface area contributed by atoms with E-state index in [2.05, 4.69) is 22.5 Å². The van der Waals surface area contributed by atoms with Gasteiger partial charge in [0.05, 0.1) is 11.8 Å². The van der Waals surface area contributed by atoms with E-state index in [-0.39, 0.29) is 6.10 Å². The van der Waals surface area contributed by atoms with Crippen LogP contribution in [0.3, 0.4) is 0 Å². The molecule has 0 radical (unpaired) electrons. The van der Waals surface area contributed by atoms with Crippen LogP contribution < -0.4 is 5.73 Å². The molecular weight excluding hydrogens is 306 g/mol. The standard InChI is InChI=1S/C18H25N3OS/c1-2-3-8-23-12-14-10-21(11-17(14)22)9-13-4-5-15-16(19)6-7-20-18(13)15/h2,4,6-7,14,17,22H,1,3,5,8-12H2,(H2,19,20)/t14-,17-/m1/s1. The second kappa shape index (κ2) is 7.51. The molecule has 0 amide bonds. The quantitative estimate of drug-likeness (QED) is 0.592. The maximum absolute atomic E-state index is 10.3. The minimum absolute atomic E-state index is 0.221. The van der Waals surface area contributed by atoms with Crippen LogP contribution in [0.5, 0.6) is 0 Å². The Balaban J connectivity index is 1.55. The number of anilines is 1. The number of aliphatic hydroxyl groups excluding tert-OH is 1. The van der Waals surface area contributed by atoms with Crippen molar-refractivity contribution >= 4 is 23.0 Å². The van der Waals surface area contributed by atoms with E-state index in [4.69, 9.17) is 5.73 Å². The summed E-state index contributed by atoms with van der Waals surface area (Å²) in [6.07, 6.45) is 7.65. The van der Waals surface area contributed by atoms with Crippen LogP contribution in [0.15, 0.2) is 31.0 Å². The van der Waals surface area contributed by atoms with Gasteiger partial charge in [-0.15, -0.1) is 6.58 Å². The zero-order valence-corrected chi connectivity index (χ0v) is 14.3. The Labute approximate surface area is 142 Å². The molecule has 0 saturated carbocycles. The number of β-amino-alcohol motifs (C(OH)–C–C–N with tert-alkyl or cyclic N) is 1. The molecule has 2 atom stereocenters. The first-order valence-corrected chi connectivity index (χ1v) is 9.36. The van der Waals surface area contributed by atoms with E-state index in [0.29, 0.717) is 5.92 Å². The van der Waals surface area contributed by atoms with Crippen LogP contribution in [-0.4, -0.2) is 52.2 Å². The first kappa shape index (κ1) is 16.6. The maximum atomic E-state index is 10.3. The number of thioether (sulfide) groups is 1. The van der Waals surface area contributed by atoms with Crippen molar-refractivity contribution in [1.29, 1.82) is 0 Å². The van der Waals surface area contributed by atoms with E-state index in [1.54, 1.807) is 6.20 Å². The summed E-state index contributed by atoms with van der Waals surface area (Å²) < 4.78 is 0. The largest absolute Gasteiger partial charge is 0.398 e. The highest BCUT2D eigenvalue weighted by Gasteiger charge is 2.32. The first-order chi connectivity index (χ1) is 11.2. The Morgan fingerprint density at radius 2 is 2.35 bits per heavy atom. The lowest BCUT2D eigenvalue weighted by atomic mass is 10.1. The van der Waals surface area contributed by atoms with Crippen molar-refractivity contribution in [3.05, 3.63) is 42.3 Å². The molecule has 23 heavy (non-hydrogen) atoms. The predicted octanol–water partition coefficient (Wildman–Crippen LogP) is 2.21. The van der Waals surface area contributed by atoms with Crippen molar-refractivity contribution in [2.75, 3.05) is 36.9 Å². The van der Waals surface area contributed by atoms with Gasteiger partial charge in [-0.05, 0) is 36.0 Å². The van der Waals surface area contributed by atoms with E-state index >= 15 is 0 Å². The number of aliphatic hydroxyl groups is 1. The van der Waals surface area contributed by atoms with Gasteiger partial charge in [0.2, 0.25) is 0 Å². The van der Waals surface area contributed by atoms with Gasteiger partial charge < -0.3 is 10.8 Å². The Morgan fingerprint density at radius 3 is 3.17 bits per heavy atom. The van der Waals surface area contributed by atoms with E-state index in [1.807, 2.05) is 23.9 Å². The fourth-order valence-electron chi connectivity index (χ4n) is 3.34. The minimum Gasteiger partial charge on any atom is -0.398 e. The van der Waals surface area contributed by atoms with Gasteiger partial charge in [0.15, 0.2) is 0 Å². The smallest absolute Gasteiger partial charge is 0.0727 e. The number of aromatic nitrogens is 1. The molecule has 0 bridgehead atoms. The van der Waals surface area contributed by atoms with Gasteiger partial charge >= 0.3 is 0 Å². The Hall–Kier alpha value is -1.30. The number of rotatable bonds is 7. The third-order valence-corrected chi connectivity index (χ3v) is 5.81. The van der Waals surface area contributed by atoms with Gasteiger partial charge in [0, 0.05) is 43.0 Å². The lowest BCUT2D eigenvalue weighted by Crippen LogP contribution is -2.24. The van der Waals surface area contributed by atoms with Crippen molar-refractivity contribution in [3.63, 3.8) is 0 Å². The van der Waals surface area contributed by atoms with Gasteiger partial charge in [-0.2, -0.15) is 11.8 Å². The van der Waals surface area contributed by atoms with Gasteiger partial charge in [-0.25, -0.2) is 0 Å². The van der Waals surface area contributed by atoms with E-state index in [1.165, 1.54) is 5.57 Å². The van der Waals surface area contributed by atoms with Gasteiger partial charge in [0.25, 0.3) is 0 Å². The fraction of sp³-hybridized carbons (Fsp3) is 0.500. The monoisotopic (exact) mass is 331 g/mol. The maximum Gasteiger partial charge on any atom is 0.0727 e. The molecule has 1 fully saturated rings. The lowest BCUT2D eigenvalue weighted by molar-refractivity contribution is 0.151. The van der Waals surface area contributed by atoms with Gasteiger partial charge in [-0.1, -0.05) is 12.2 Å². The van der Waals surface area contributed by atoms with Crippen LogP contribution in [0, 0.1) is 5.92 Å². The molecule has 1 aromatic heterocycles. The molecule has 5 heteroatoms. The van der Waals surface area contributed by atoms with E-state index < -0.39 is 0 Å². The molecule has 3 N–H and O–H groups in total. The number of allylic oxidation sites excluding steroid dienone is 2. The first-order valence-electron chi connectivity index (χ1n) is 8.21. The summed E-state index contributed by atoms with van der Waals surface area (Å²) in [4.78, 5) is 6.84. The van der Waals surface area contributed by atoms with Gasteiger partial charge in [-0.3, -0.25) is 9.88 Å². The third kappa shape index (κ3) is 3.79. The van der Waals surface area contributed by atoms with Crippen LogP contribution in [0.2, 0.25) is 0 Å². The molecule has 124 valence electrons. The van der Waals surface area contributed by atoms with Crippen molar-refractivity contribution in [2.24, 2.45) is 5.92 Å². The highest BCUT2D eigenvalue weighted by atomic mass is 32.2. The highest BCUT2D eigenvalue weighted by Crippen LogP contribution is 2.31. The lowest BCUT2D eigenvalue weighted by Gasteiger charge is -2.17. The van der Waals surface area contributed by atoms with Crippen molar-refractivity contribution < 1.29 is 5.11 Å². The average molecular weight is 331 g/mol. The summed E-state index contributed by atoms with van der Waals surface area (Å²) in [7, 11) is 0. The number of likely N-dealkylation sites (tertiary alicyclic amines) is 1. The summed E-state index contributed by atoms with van der Waals surface area (Å²) in [6, 6.07) is 1.87. The zero-order valence-electron chi connectivity index (χ0n) is 13.4. The second-order valence-corrected chi connectivity index (χ2v) is 7.48. The molecule has 1 saturated heterocycles. The molecule has 0 aromatic carbocycles. The zero-order chi connectivity index (χ0) is 16.2. The summed E-state index contributed by atoms with van der Waals surface area (Å²) in [5.74, 6) is 2.47. The average Bonchev–Trinajstić information content (AvgIpc) is 3.09. The van der Waals surface area contributed by atoms with Crippen LogP contribution in [0.4, 0.5) is 5.69 Å². The molecule has 0 spiro atoms. The fourth-order valence-corrected chi connectivity index (χ4v) is 4.47. The Bertz CT molecular complexity index is 602. The summed E-state index contributed by atoms with van der Waals surface area (Å²) in [5.41, 5.74) is 10.3. The summed E-state index contributed by atoms with van der Waals surface area (Å²) in [5, 5.41) is 10.3. The molecule has 1 aromatic rings. The molecule has 4 nitrogen and oxygen atoms in total. The SMILES string of the molecule is C=CCCSC[C@H]1CN(CC2=CCc3c(N)ccnc32)C[C@H]1O. The Kier molecular flexibility index (Phi) is 5.41. The molecule has 1 aliphatic carbocycles. The van der Waals surface area contributed by atoms with Crippen LogP contribution >= 0.6 is 11.8 Å². The van der Waals surface area contributed by atoms with Crippen molar-refractivity contribution in [1.82, 2.24) is 9.88 Å². The third-order valence-electron chi connectivity index (χ3n) is 4.62. The van der Waals surface area contributed by atoms with E-state index in [9.17, 15) is 5.11 Å². The van der Waals surface area contributed by atoms with E-state index in [0.717, 1.165) is 60.9 Å². The molecule has 2 aliphatic rings. The van der Waals surface area contributed by atoms with Crippen LogP contribution in [0.1, 0.15) is 17.7 Å². The summed E-state index contributed by atoms with van der Waals surface area (Å²) in [6.45, 7) is 6.31. The predicted molar refractivity (Wildman–Crippen MR) is 98.4 cm³/mol. The number of hydrogen-bond donors (Lipinski definition) is 2. The van der Waals surface area contributed by atoms with Gasteiger partial charge in [0.1, 0.15) is 0 Å². The number of nitrogens with zero attached hydrogens (tertiary/aromatic N) is 2. The van der Waals surface area contributed by atoms with Crippen LogP contribution in [0.25, 0.3) is 5.57 Å². The highest BCUT2D eigenvalue weighted by molar-refractivity contribution is 7.99.